The smallest absolute Gasteiger partial charge is 0.264 e. The lowest BCUT2D eigenvalue weighted by molar-refractivity contribution is 0.0722. The Morgan fingerprint density at radius 3 is 2.60 bits per heavy atom. The number of aryl methyl sites for hydroxylation is 1. The molecule has 3 aromatic heterocycles. The zero-order valence-corrected chi connectivity index (χ0v) is 24.8. The van der Waals surface area contributed by atoms with Gasteiger partial charge in [-0.15, -0.1) is 5.10 Å². The summed E-state index contributed by atoms with van der Waals surface area (Å²) in [5.74, 6) is -0.567. The summed E-state index contributed by atoms with van der Waals surface area (Å²) < 4.78 is 44.5. The van der Waals surface area contributed by atoms with E-state index in [9.17, 15) is 17.6 Å². The second kappa shape index (κ2) is 10.5. The van der Waals surface area contributed by atoms with Crippen molar-refractivity contribution in [2.75, 3.05) is 0 Å². The van der Waals surface area contributed by atoms with Crippen molar-refractivity contribution in [2.45, 2.75) is 56.6 Å². The van der Waals surface area contributed by atoms with Crippen LogP contribution in [0, 0.1) is 11.2 Å². The van der Waals surface area contributed by atoms with Gasteiger partial charge < -0.3 is 0 Å². The molecule has 0 radical (unpaired) electrons. The summed E-state index contributed by atoms with van der Waals surface area (Å²) >= 11 is 6.27. The molecule has 0 unspecified atom stereocenters. The van der Waals surface area contributed by atoms with Gasteiger partial charge in [0, 0.05) is 30.4 Å². The van der Waals surface area contributed by atoms with Crippen molar-refractivity contribution in [3.63, 3.8) is 0 Å². The number of nitrogens with zero attached hydrogens (tertiary/aromatic N) is 7. The van der Waals surface area contributed by atoms with Gasteiger partial charge in [0.05, 0.1) is 29.2 Å². The maximum Gasteiger partial charge on any atom is 0.264 e. The van der Waals surface area contributed by atoms with Crippen LogP contribution in [0.1, 0.15) is 54.9 Å². The summed E-state index contributed by atoms with van der Waals surface area (Å²) in [4.78, 5) is 20.0. The van der Waals surface area contributed by atoms with E-state index in [0.29, 0.717) is 30.0 Å². The summed E-state index contributed by atoms with van der Waals surface area (Å²) in [5, 5.41) is 12.9. The van der Waals surface area contributed by atoms with Crippen LogP contribution in [0.4, 0.5) is 4.39 Å². The number of hydrogen-bond donors (Lipinski definition) is 0. The molecule has 2 aliphatic rings. The summed E-state index contributed by atoms with van der Waals surface area (Å²) in [6, 6.07) is 8.32. The Morgan fingerprint density at radius 2 is 1.93 bits per heavy atom. The van der Waals surface area contributed by atoms with Crippen molar-refractivity contribution >= 4 is 33.5 Å². The highest BCUT2D eigenvalue weighted by atomic mass is 35.5. The van der Waals surface area contributed by atoms with Gasteiger partial charge in [-0.3, -0.25) is 9.78 Å². The second-order valence-electron chi connectivity index (χ2n) is 11.1. The van der Waals surface area contributed by atoms with Gasteiger partial charge >= 0.3 is 0 Å². The Kier molecular flexibility index (Phi) is 7.11. The van der Waals surface area contributed by atoms with Crippen LogP contribution in [0.5, 0.6) is 0 Å². The van der Waals surface area contributed by atoms with Crippen LogP contribution < -0.4 is 0 Å². The Morgan fingerprint density at radius 1 is 1.17 bits per heavy atom. The summed E-state index contributed by atoms with van der Waals surface area (Å²) in [5.41, 5.74) is 2.35. The Bertz CT molecular complexity index is 1820. The van der Waals surface area contributed by atoms with Crippen LogP contribution in [0.25, 0.3) is 11.8 Å². The number of sulfonamides is 1. The predicted octanol–water partition coefficient (Wildman–Crippen LogP) is 4.65. The topological polar surface area (TPSA) is 116 Å². The molecule has 2 atom stereocenters. The lowest BCUT2D eigenvalue weighted by Gasteiger charge is -2.47. The third-order valence-corrected chi connectivity index (χ3v) is 10.3. The van der Waals surface area contributed by atoms with E-state index in [1.165, 1.54) is 33.6 Å². The van der Waals surface area contributed by atoms with Crippen molar-refractivity contribution in [1.82, 2.24) is 34.1 Å². The first-order chi connectivity index (χ1) is 20.0. The summed E-state index contributed by atoms with van der Waals surface area (Å²) in [6.45, 7) is 3.63. The molecule has 0 spiro atoms. The van der Waals surface area contributed by atoms with Gasteiger partial charge in [-0.2, -0.15) is 19.3 Å². The van der Waals surface area contributed by atoms with Crippen molar-refractivity contribution < 1.29 is 17.6 Å². The number of fused-ring (bicyclic) bond motifs is 2. The van der Waals surface area contributed by atoms with E-state index in [1.807, 2.05) is 19.9 Å². The summed E-state index contributed by atoms with van der Waals surface area (Å²) in [6.07, 6.45) is 7.95. The molecular weight excluding hydrogens is 581 g/mol. The average Bonchev–Trinajstić information content (AvgIpc) is 3.57. The Labute approximate surface area is 247 Å². The van der Waals surface area contributed by atoms with Crippen LogP contribution >= 0.6 is 11.6 Å². The number of halogens is 2. The lowest BCUT2D eigenvalue weighted by Crippen LogP contribution is -2.52. The lowest BCUT2D eigenvalue weighted by atomic mass is 9.60. The number of carbonyl (C=O) groups is 1. The first-order valence-electron chi connectivity index (χ1n) is 13.6. The molecule has 2 aliphatic carbocycles. The molecule has 1 aromatic carbocycles. The van der Waals surface area contributed by atoms with Gasteiger partial charge in [0.1, 0.15) is 11.5 Å². The minimum absolute atomic E-state index is 0.136. The van der Waals surface area contributed by atoms with Crippen molar-refractivity contribution in [3.8, 4) is 5.69 Å². The molecule has 0 saturated heterocycles. The van der Waals surface area contributed by atoms with Gasteiger partial charge in [-0.1, -0.05) is 17.2 Å². The van der Waals surface area contributed by atoms with Gasteiger partial charge in [-0.05, 0) is 87.6 Å². The highest BCUT2D eigenvalue weighted by Crippen LogP contribution is 2.51. The van der Waals surface area contributed by atoms with Crippen molar-refractivity contribution in [3.05, 3.63) is 88.4 Å². The molecule has 218 valence electrons. The molecule has 0 bridgehead atoms. The van der Waals surface area contributed by atoms with Crippen molar-refractivity contribution in [1.29, 1.82) is 0 Å². The third kappa shape index (κ3) is 4.77. The molecule has 13 heteroatoms. The van der Waals surface area contributed by atoms with E-state index in [-0.39, 0.29) is 28.7 Å². The normalized spacial score (nSPS) is 20.4. The highest BCUT2D eigenvalue weighted by molar-refractivity contribution is 7.89. The van der Waals surface area contributed by atoms with Crippen molar-refractivity contribution in [2.24, 2.45) is 12.5 Å². The predicted molar refractivity (Wildman–Crippen MR) is 154 cm³/mol. The fourth-order valence-electron chi connectivity index (χ4n) is 6.31. The molecule has 0 amide bonds. The zero-order valence-electron chi connectivity index (χ0n) is 23.3. The van der Waals surface area contributed by atoms with Gasteiger partial charge in [0.25, 0.3) is 10.0 Å². The Hall–Kier alpha value is -3.74. The molecule has 42 heavy (non-hydrogen) atoms. The SMILES string of the molecule is CC(C)N([C@H]1CCC2=Cc3c(cnn3-c3ccc(F)cc3)C[C@]2(C(=O)c2cc(Cl)ccn2)C1)S(=O)(=O)c1cnn(C)n1. The fraction of sp³-hybridized carbons (Fsp3) is 0.345. The molecule has 1 fully saturated rings. The number of pyridine rings is 1. The molecule has 0 N–H and O–H groups in total. The average molecular weight is 610 g/mol. The molecule has 3 heterocycles. The number of Topliss-reactive ketones (excluding diaryl/α,β-unsaturated/α-hetero) is 1. The maximum atomic E-state index is 14.5. The van der Waals surface area contributed by atoms with Crippen LogP contribution in [-0.2, 0) is 23.5 Å². The largest absolute Gasteiger partial charge is 0.291 e. The summed E-state index contributed by atoms with van der Waals surface area (Å²) in [7, 11) is -2.45. The van der Waals surface area contributed by atoms with Gasteiger partial charge in [-0.25, -0.2) is 17.5 Å². The third-order valence-electron chi connectivity index (χ3n) is 8.08. The number of rotatable bonds is 7. The molecule has 4 aromatic rings. The molecule has 0 aliphatic heterocycles. The second-order valence-corrected chi connectivity index (χ2v) is 13.3. The van der Waals surface area contributed by atoms with Crippen LogP contribution in [0.2, 0.25) is 5.02 Å². The van der Waals surface area contributed by atoms with Gasteiger partial charge in [0.15, 0.2) is 5.78 Å². The number of hydrogen-bond acceptors (Lipinski definition) is 7. The zero-order chi connectivity index (χ0) is 29.8. The van der Waals surface area contributed by atoms with E-state index in [4.69, 9.17) is 11.6 Å². The number of allylic oxidation sites excluding steroid dienone is 1. The first kappa shape index (κ1) is 28.4. The van der Waals surface area contributed by atoms with E-state index in [2.05, 4.69) is 20.3 Å². The fourth-order valence-corrected chi connectivity index (χ4v) is 8.22. The number of ketones is 1. The minimum Gasteiger partial charge on any atom is -0.291 e. The first-order valence-corrected chi connectivity index (χ1v) is 15.4. The standard InChI is InChI=1S/C29H29ClFN7O3S/c1-18(2)38(42(40,41)27-17-33-36(3)35-27)24-7-4-20-12-26-19(16-34-37(26)23-8-5-22(31)6-9-23)14-29(20,15-24)28(39)25-13-21(30)10-11-32-25/h5-6,8-13,16-18,24H,4,7,14-15H2,1-3H3/t24-,29-/m0/s1. The van der Waals surface area contributed by atoms with Crippen LogP contribution in [-0.4, -0.2) is 60.3 Å². The minimum atomic E-state index is -4.01. The van der Waals surface area contributed by atoms with E-state index < -0.39 is 27.5 Å². The van der Waals surface area contributed by atoms with Crippen LogP contribution in [0.3, 0.4) is 0 Å². The molecule has 6 rings (SSSR count). The maximum absolute atomic E-state index is 14.5. The Balaban J connectivity index is 1.46. The number of carbonyl (C=O) groups excluding carboxylic acids is 1. The molecular formula is C29H29ClFN7O3S. The molecule has 10 nitrogen and oxygen atoms in total. The monoisotopic (exact) mass is 609 g/mol. The van der Waals surface area contributed by atoms with E-state index in [0.717, 1.165) is 16.8 Å². The quantitative estimate of drug-likeness (QED) is 0.280. The number of benzene rings is 1. The van der Waals surface area contributed by atoms with E-state index in [1.54, 1.807) is 42.2 Å². The highest BCUT2D eigenvalue weighted by Gasteiger charge is 2.52. The molecule has 1 saturated carbocycles. The van der Waals surface area contributed by atoms with E-state index >= 15 is 0 Å². The van der Waals surface area contributed by atoms with Crippen LogP contribution in [0.15, 0.2) is 65.6 Å². The number of aromatic nitrogens is 6. The van der Waals surface area contributed by atoms with Gasteiger partial charge in [0.2, 0.25) is 5.03 Å².